The van der Waals surface area contributed by atoms with Gasteiger partial charge in [0.25, 0.3) is 5.91 Å². The number of hydrogen-bond donors (Lipinski definition) is 0. The maximum Gasteiger partial charge on any atom is 0.254 e. The van der Waals surface area contributed by atoms with Crippen molar-refractivity contribution in [2.24, 2.45) is 0 Å². The Labute approximate surface area is 156 Å². The molecule has 2 aromatic carbocycles. The number of carbonyl (C=O) groups is 1. The van der Waals surface area contributed by atoms with Gasteiger partial charge in [-0.1, -0.05) is 55.0 Å². The number of likely N-dealkylation sites (tertiary alicyclic amines) is 2. The zero-order valence-corrected chi connectivity index (χ0v) is 15.6. The van der Waals surface area contributed by atoms with Crippen molar-refractivity contribution in [1.82, 2.24) is 9.80 Å². The predicted octanol–water partition coefficient (Wildman–Crippen LogP) is 4.17. The maximum atomic E-state index is 13.2. The third-order valence-corrected chi connectivity index (χ3v) is 6.17. The lowest BCUT2D eigenvalue weighted by Crippen LogP contribution is -2.58. The number of fused-ring (bicyclic) bond motifs is 1. The molecule has 3 nitrogen and oxygen atoms in total. The topological polar surface area (TPSA) is 23.6 Å². The summed E-state index contributed by atoms with van der Waals surface area (Å²) in [6.45, 7) is 1.97. The second-order valence-electron chi connectivity index (χ2n) is 7.70. The third-order valence-electron chi connectivity index (χ3n) is 6.17. The van der Waals surface area contributed by atoms with Crippen molar-refractivity contribution in [3.05, 3.63) is 71.8 Å². The number of nitrogens with zero attached hydrogens (tertiary/aromatic N) is 2. The molecule has 0 bridgehead atoms. The number of benzene rings is 2. The van der Waals surface area contributed by atoms with Gasteiger partial charge in [0, 0.05) is 30.1 Å². The van der Waals surface area contributed by atoms with E-state index >= 15 is 0 Å². The zero-order valence-electron chi connectivity index (χ0n) is 15.6. The molecule has 0 saturated carbocycles. The molecule has 0 radical (unpaired) electrons. The van der Waals surface area contributed by atoms with E-state index in [0.717, 1.165) is 31.5 Å². The Kier molecular flexibility index (Phi) is 5.07. The fourth-order valence-corrected chi connectivity index (χ4v) is 4.92. The summed E-state index contributed by atoms with van der Waals surface area (Å²) in [5.41, 5.74) is 2.24. The smallest absolute Gasteiger partial charge is 0.254 e. The van der Waals surface area contributed by atoms with Crippen LogP contribution in [0.25, 0.3) is 0 Å². The summed E-state index contributed by atoms with van der Waals surface area (Å²) in [5, 5.41) is 0. The summed E-state index contributed by atoms with van der Waals surface area (Å²) < 4.78 is 0. The molecule has 2 heterocycles. The van der Waals surface area contributed by atoms with Gasteiger partial charge < -0.3 is 9.80 Å². The molecule has 0 N–H and O–H groups in total. The number of piperidine rings is 1. The molecule has 1 amide bonds. The SMILES string of the molecule is CN1CCCC[C@@H]2[C@H]1[C@@H](c1ccccc1)CCN2C(=O)c1ccccc1. The van der Waals surface area contributed by atoms with E-state index in [4.69, 9.17) is 0 Å². The second-order valence-corrected chi connectivity index (χ2v) is 7.70. The number of hydrogen-bond acceptors (Lipinski definition) is 2. The van der Waals surface area contributed by atoms with Crippen LogP contribution in [0.4, 0.5) is 0 Å². The monoisotopic (exact) mass is 348 g/mol. The fraction of sp³-hybridized carbons (Fsp3) is 0.435. The number of amides is 1. The summed E-state index contributed by atoms with van der Waals surface area (Å²) in [7, 11) is 2.25. The predicted molar refractivity (Wildman–Crippen MR) is 105 cm³/mol. The van der Waals surface area contributed by atoms with Gasteiger partial charge in [0.05, 0.1) is 0 Å². The largest absolute Gasteiger partial charge is 0.334 e. The van der Waals surface area contributed by atoms with E-state index in [0.29, 0.717) is 18.0 Å². The van der Waals surface area contributed by atoms with E-state index in [9.17, 15) is 4.79 Å². The van der Waals surface area contributed by atoms with Crippen molar-refractivity contribution < 1.29 is 4.79 Å². The van der Waals surface area contributed by atoms with Crippen molar-refractivity contribution in [3.8, 4) is 0 Å². The van der Waals surface area contributed by atoms with Crippen LogP contribution in [-0.4, -0.2) is 47.9 Å². The van der Waals surface area contributed by atoms with Gasteiger partial charge in [-0.25, -0.2) is 0 Å². The standard InChI is InChI=1S/C23H28N2O/c1-24-16-9-8-14-21-22(24)20(18-10-4-2-5-11-18)15-17-25(21)23(26)19-12-6-3-7-13-19/h2-7,10-13,20-22H,8-9,14-17H2,1H3/t20-,21-,22-/m1/s1. The number of carbonyl (C=O) groups excluding carboxylic acids is 1. The summed E-state index contributed by atoms with van der Waals surface area (Å²) >= 11 is 0. The summed E-state index contributed by atoms with van der Waals surface area (Å²) in [6, 6.07) is 21.4. The molecule has 26 heavy (non-hydrogen) atoms. The first kappa shape index (κ1) is 17.3. The van der Waals surface area contributed by atoms with Gasteiger partial charge in [-0.2, -0.15) is 0 Å². The van der Waals surface area contributed by atoms with Crippen LogP contribution in [0.3, 0.4) is 0 Å². The van der Waals surface area contributed by atoms with Crippen LogP contribution in [0, 0.1) is 0 Å². The second kappa shape index (κ2) is 7.63. The highest BCUT2D eigenvalue weighted by Gasteiger charge is 2.43. The third kappa shape index (κ3) is 3.28. The van der Waals surface area contributed by atoms with Gasteiger partial charge in [-0.3, -0.25) is 4.79 Å². The van der Waals surface area contributed by atoms with Gasteiger partial charge in [-0.05, 0) is 50.6 Å². The Bertz CT molecular complexity index is 730. The zero-order chi connectivity index (χ0) is 17.9. The molecule has 136 valence electrons. The Morgan fingerprint density at radius 2 is 1.58 bits per heavy atom. The van der Waals surface area contributed by atoms with Crippen molar-refractivity contribution >= 4 is 5.91 Å². The first-order valence-corrected chi connectivity index (χ1v) is 9.87. The van der Waals surface area contributed by atoms with Gasteiger partial charge in [0.2, 0.25) is 0 Å². The first-order valence-electron chi connectivity index (χ1n) is 9.87. The van der Waals surface area contributed by atoms with E-state index in [1.54, 1.807) is 0 Å². The summed E-state index contributed by atoms with van der Waals surface area (Å²) in [5.74, 6) is 0.700. The maximum absolute atomic E-state index is 13.2. The van der Waals surface area contributed by atoms with E-state index in [1.807, 2.05) is 30.3 Å². The molecule has 0 aliphatic carbocycles. The fourth-order valence-electron chi connectivity index (χ4n) is 4.92. The Morgan fingerprint density at radius 1 is 0.885 bits per heavy atom. The van der Waals surface area contributed by atoms with E-state index in [1.165, 1.54) is 18.4 Å². The van der Waals surface area contributed by atoms with Crippen molar-refractivity contribution in [3.63, 3.8) is 0 Å². The average Bonchev–Trinajstić information content (AvgIpc) is 2.90. The van der Waals surface area contributed by atoms with Crippen LogP contribution < -0.4 is 0 Å². The number of rotatable bonds is 2. The molecule has 2 saturated heterocycles. The minimum absolute atomic E-state index is 0.197. The van der Waals surface area contributed by atoms with Gasteiger partial charge in [0.1, 0.15) is 0 Å². The van der Waals surface area contributed by atoms with E-state index < -0.39 is 0 Å². The van der Waals surface area contributed by atoms with Gasteiger partial charge in [0.15, 0.2) is 0 Å². The molecule has 2 aromatic rings. The lowest BCUT2D eigenvalue weighted by molar-refractivity contribution is 0.0318. The molecule has 3 atom stereocenters. The van der Waals surface area contributed by atoms with Crippen LogP contribution in [0.1, 0.15) is 47.5 Å². The van der Waals surface area contributed by atoms with Crippen LogP contribution in [-0.2, 0) is 0 Å². The van der Waals surface area contributed by atoms with Gasteiger partial charge >= 0.3 is 0 Å². The summed E-state index contributed by atoms with van der Waals surface area (Å²) in [4.78, 5) is 17.9. The Morgan fingerprint density at radius 3 is 2.31 bits per heavy atom. The minimum atomic E-state index is 0.197. The molecule has 3 heteroatoms. The molecular weight excluding hydrogens is 320 g/mol. The molecule has 4 rings (SSSR count). The van der Waals surface area contributed by atoms with Crippen LogP contribution >= 0.6 is 0 Å². The quantitative estimate of drug-likeness (QED) is 0.813. The lowest BCUT2D eigenvalue weighted by Gasteiger charge is -2.48. The highest BCUT2D eigenvalue weighted by Crippen LogP contribution is 2.38. The summed E-state index contributed by atoms with van der Waals surface area (Å²) in [6.07, 6.45) is 4.56. The number of likely N-dealkylation sites (N-methyl/N-ethyl adjacent to an activating group) is 1. The lowest BCUT2D eigenvalue weighted by atomic mass is 9.79. The van der Waals surface area contributed by atoms with Crippen molar-refractivity contribution in [2.45, 2.75) is 43.7 Å². The molecule has 0 spiro atoms. The molecule has 0 aromatic heterocycles. The Balaban J connectivity index is 1.66. The van der Waals surface area contributed by atoms with Crippen molar-refractivity contribution in [2.75, 3.05) is 20.1 Å². The average molecular weight is 348 g/mol. The first-order chi connectivity index (χ1) is 12.8. The van der Waals surface area contributed by atoms with Crippen LogP contribution in [0.5, 0.6) is 0 Å². The van der Waals surface area contributed by atoms with Crippen LogP contribution in [0.15, 0.2) is 60.7 Å². The molecule has 2 aliphatic heterocycles. The normalized spacial score (nSPS) is 26.8. The van der Waals surface area contributed by atoms with Gasteiger partial charge in [-0.15, -0.1) is 0 Å². The molecule has 2 fully saturated rings. The van der Waals surface area contributed by atoms with E-state index in [2.05, 4.69) is 47.2 Å². The minimum Gasteiger partial charge on any atom is -0.334 e. The highest BCUT2D eigenvalue weighted by molar-refractivity contribution is 5.94. The Hall–Kier alpha value is -2.13. The highest BCUT2D eigenvalue weighted by atomic mass is 16.2. The molecular formula is C23H28N2O. The van der Waals surface area contributed by atoms with E-state index in [-0.39, 0.29) is 5.91 Å². The van der Waals surface area contributed by atoms with Crippen molar-refractivity contribution in [1.29, 1.82) is 0 Å². The molecule has 2 aliphatic rings. The van der Waals surface area contributed by atoms with Crippen LogP contribution in [0.2, 0.25) is 0 Å². The molecule has 0 unspecified atom stereocenters.